The Morgan fingerprint density at radius 3 is 3.00 bits per heavy atom. The zero-order chi connectivity index (χ0) is 13.4. The normalized spacial score (nSPS) is 11.5. The van der Waals surface area contributed by atoms with E-state index in [2.05, 4.69) is 10.2 Å². The Labute approximate surface area is 114 Å². The number of rotatable bonds is 3. The minimum Gasteiger partial charge on any atom is -0.330 e. The largest absolute Gasteiger partial charge is 0.347 e. The summed E-state index contributed by atoms with van der Waals surface area (Å²) in [6.07, 6.45) is 3.52. The van der Waals surface area contributed by atoms with Crippen molar-refractivity contribution in [2.24, 2.45) is 5.73 Å². The highest BCUT2D eigenvalue weighted by Crippen LogP contribution is 2.25. The maximum absolute atomic E-state index is 11.7. The Bertz CT molecular complexity index is 805. The predicted octanol–water partition coefficient (Wildman–Crippen LogP) is 1.72. The molecule has 0 spiro atoms. The van der Waals surface area contributed by atoms with Gasteiger partial charge in [0.2, 0.25) is 0 Å². The molecular weight excluding hydrogens is 264 g/mol. The van der Waals surface area contributed by atoms with Crippen LogP contribution in [-0.2, 0) is 6.42 Å². The van der Waals surface area contributed by atoms with Gasteiger partial charge in [0.1, 0.15) is 0 Å². The third kappa shape index (κ3) is 2.01. The van der Waals surface area contributed by atoms with Crippen molar-refractivity contribution in [1.29, 1.82) is 0 Å². The summed E-state index contributed by atoms with van der Waals surface area (Å²) in [5, 5.41) is 9.07. The molecule has 19 heavy (non-hydrogen) atoms. The number of aromatic nitrogens is 3. The number of pyridine rings is 1. The fourth-order valence-corrected chi connectivity index (χ4v) is 2.49. The summed E-state index contributed by atoms with van der Waals surface area (Å²) in [6.45, 7) is 0.618. The fourth-order valence-electron chi connectivity index (χ4n) is 2.31. The number of hydrogen-bond donors (Lipinski definition) is 2. The van der Waals surface area contributed by atoms with Crippen LogP contribution in [0.3, 0.4) is 0 Å². The van der Waals surface area contributed by atoms with Crippen molar-refractivity contribution in [2.75, 3.05) is 6.54 Å². The Morgan fingerprint density at radius 1 is 1.37 bits per heavy atom. The number of nitrogens with zero attached hydrogens (tertiary/aromatic N) is 2. The van der Waals surface area contributed by atoms with Crippen LogP contribution in [0.5, 0.6) is 0 Å². The van der Waals surface area contributed by atoms with Gasteiger partial charge in [-0.25, -0.2) is 14.3 Å². The van der Waals surface area contributed by atoms with Gasteiger partial charge >= 0.3 is 5.69 Å². The lowest BCUT2D eigenvalue weighted by atomic mass is 10.0. The summed E-state index contributed by atoms with van der Waals surface area (Å²) in [5.41, 5.74) is 6.99. The van der Waals surface area contributed by atoms with Crippen LogP contribution in [0.4, 0.5) is 0 Å². The van der Waals surface area contributed by atoms with Gasteiger partial charge in [-0.3, -0.25) is 0 Å². The van der Waals surface area contributed by atoms with E-state index >= 15 is 0 Å². The van der Waals surface area contributed by atoms with E-state index in [4.69, 9.17) is 17.3 Å². The van der Waals surface area contributed by atoms with Crippen molar-refractivity contribution < 1.29 is 0 Å². The van der Waals surface area contributed by atoms with Crippen molar-refractivity contribution in [3.8, 4) is 0 Å². The molecule has 0 bridgehead atoms. The quantitative estimate of drug-likeness (QED) is 0.765. The maximum atomic E-state index is 11.7. The molecule has 0 aliphatic rings. The number of nitrogens with two attached hydrogens (primary N) is 1. The van der Waals surface area contributed by atoms with E-state index in [9.17, 15) is 4.79 Å². The van der Waals surface area contributed by atoms with Crippen molar-refractivity contribution in [2.45, 2.75) is 12.8 Å². The molecule has 3 rings (SSSR count). The Balaban J connectivity index is 2.38. The van der Waals surface area contributed by atoms with Gasteiger partial charge in [0.15, 0.2) is 5.65 Å². The number of aryl methyl sites for hydroxylation is 1. The molecular formula is C13H13ClN4O. The van der Waals surface area contributed by atoms with Gasteiger partial charge < -0.3 is 5.73 Å². The van der Waals surface area contributed by atoms with Gasteiger partial charge in [-0.05, 0) is 42.5 Å². The van der Waals surface area contributed by atoms with Gasteiger partial charge in [0.05, 0.1) is 0 Å². The monoisotopic (exact) mass is 276 g/mol. The van der Waals surface area contributed by atoms with Crippen LogP contribution in [0.15, 0.2) is 29.2 Å². The number of halogens is 1. The molecule has 0 saturated carbocycles. The van der Waals surface area contributed by atoms with E-state index in [1.54, 1.807) is 0 Å². The van der Waals surface area contributed by atoms with Crippen LogP contribution in [0.25, 0.3) is 16.4 Å². The van der Waals surface area contributed by atoms with Crippen LogP contribution >= 0.6 is 11.6 Å². The average Bonchev–Trinajstić information content (AvgIpc) is 2.78. The predicted molar refractivity (Wildman–Crippen MR) is 75.7 cm³/mol. The summed E-state index contributed by atoms with van der Waals surface area (Å²) in [7, 11) is 0. The summed E-state index contributed by atoms with van der Waals surface area (Å²) in [5.74, 6) is 0. The number of aromatic amines is 1. The highest BCUT2D eigenvalue weighted by molar-refractivity contribution is 6.31. The molecule has 3 aromatic rings. The molecule has 0 saturated heterocycles. The van der Waals surface area contributed by atoms with Crippen LogP contribution < -0.4 is 11.4 Å². The Hall–Kier alpha value is -1.85. The molecule has 98 valence electrons. The third-order valence-corrected chi connectivity index (χ3v) is 3.44. The smallest absolute Gasteiger partial charge is 0.330 e. The standard InChI is InChI=1S/C13H13ClN4O/c14-9-3-4-10-8(2-1-5-15)7-18-12(11(10)6-9)16-17-13(18)19/h3-4,6-7H,1-2,5,15H2,(H,17,19). The Kier molecular flexibility index (Phi) is 3.00. The average molecular weight is 277 g/mol. The van der Waals surface area contributed by atoms with Crippen LogP contribution in [0.1, 0.15) is 12.0 Å². The molecule has 6 heteroatoms. The molecule has 1 aromatic carbocycles. The van der Waals surface area contributed by atoms with Gasteiger partial charge in [-0.1, -0.05) is 17.7 Å². The SMILES string of the molecule is NCCCc1cn2c(=O)[nH]nc2c2cc(Cl)ccc12. The molecule has 0 amide bonds. The summed E-state index contributed by atoms with van der Waals surface area (Å²) < 4.78 is 1.52. The van der Waals surface area contributed by atoms with Gasteiger partial charge in [0.25, 0.3) is 0 Å². The summed E-state index contributed by atoms with van der Waals surface area (Å²) in [6, 6.07) is 5.64. The van der Waals surface area contributed by atoms with E-state index in [0.29, 0.717) is 17.2 Å². The topological polar surface area (TPSA) is 76.2 Å². The summed E-state index contributed by atoms with van der Waals surface area (Å²) >= 11 is 6.04. The van der Waals surface area contributed by atoms with E-state index in [-0.39, 0.29) is 5.69 Å². The number of fused-ring (bicyclic) bond motifs is 3. The van der Waals surface area contributed by atoms with E-state index in [1.807, 2.05) is 24.4 Å². The molecule has 0 atom stereocenters. The van der Waals surface area contributed by atoms with E-state index in [0.717, 1.165) is 29.2 Å². The summed E-state index contributed by atoms with van der Waals surface area (Å²) in [4.78, 5) is 11.7. The molecule has 0 aliphatic carbocycles. The van der Waals surface area contributed by atoms with Gasteiger partial charge in [-0.2, -0.15) is 5.10 Å². The maximum Gasteiger partial charge on any atom is 0.347 e. The molecule has 5 nitrogen and oxygen atoms in total. The lowest BCUT2D eigenvalue weighted by Crippen LogP contribution is -2.10. The molecule has 3 N–H and O–H groups in total. The van der Waals surface area contributed by atoms with Gasteiger partial charge in [0, 0.05) is 16.6 Å². The highest BCUT2D eigenvalue weighted by atomic mass is 35.5. The molecule has 2 heterocycles. The molecule has 0 aliphatic heterocycles. The second-order valence-corrected chi connectivity index (χ2v) is 4.90. The first-order chi connectivity index (χ1) is 9.20. The van der Waals surface area contributed by atoms with Crippen LogP contribution in [0.2, 0.25) is 5.02 Å². The van der Waals surface area contributed by atoms with E-state index in [1.165, 1.54) is 4.40 Å². The fraction of sp³-hybridized carbons (Fsp3) is 0.231. The van der Waals surface area contributed by atoms with Crippen molar-refractivity contribution in [3.05, 3.63) is 45.5 Å². The highest BCUT2D eigenvalue weighted by Gasteiger charge is 2.10. The zero-order valence-corrected chi connectivity index (χ0v) is 10.9. The molecule has 0 unspecified atom stereocenters. The zero-order valence-electron chi connectivity index (χ0n) is 10.2. The first-order valence-corrected chi connectivity index (χ1v) is 6.46. The lowest BCUT2D eigenvalue weighted by Gasteiger charge is -2.08. The van der Waals surface area contributed by atoms with Crippen molar-refractivity contribution in [1.82, 2.24) is 14.6 Å². The van der Waals surface area contributed by atoms with Gasteiger partial charge in [-0.15, -0.1) is 0 Å². The molecule has 0 radical (unpaired) electrons. The van der Waals surface area contributed by atoms with Crippen LogP contribution in [-0.4, -0.2) is 21.1 Å². The van der Waals surface area contributed by atoms with Crippen LogP contribution in [0, 0.1) is 0 Å². The van der Waals surface area contributed by atoms with E-state index < -0.39 is 0 Å². The second-order valence-electron chi connectivity index (χ2n) is 4.46. The molecule has 0 fully saturated rings. The number of hydrogen-bond acceptors (Lipinski definition) is 3. The minimum atomic E-state index is -0.245. The lowest BCUT2D eigenvalue weighted by molar-refractivity contribution is 0.830. The number of benzene rings is 1. The minimum absolute atomic E-state index is 0.245. The molecule has 2 aromatic heterocycles. The van der Waals surface area contributed by atoms with Crippen molar-refractivity contribution in [3.63, 3.8) is 0 Å². The second kappa shape index (κ2) is 4.68. The number of nitrogens with one attached hydrogen (secondary N) is 1. The third-order valence-electron chi connectivity index (χ3n) is 3.21. The first-order valence-electron chi connectivity index (χ1n) is 6.08. The number of H-pyrrole nitrogens is 1. The first kappa shape index (κ1) is 12.2. The van der Waals surface area contributed by atoms with Crippen molar-refractivity contribution >= 4 is 28.0 Å². The Morgan fingerprint density at radius 2 is 2.21 bits per heavy atom.